The molecule has 15 heavy (non-hydrogen) atoms. The van der Waals surface area contributed by atoms with Crippen molar-refractivity contribution in [2.45, 2.75) is 71.7 Å². The molecule has 1 fully saturated rings. The molecule has 0 aliphatic heterocycles. The average molecular weight is 212 g/mol. The molecule has 2 nitrogen and oxygen atoms in total. The molecule has 1 aliphatic carbocycles. The Kier molecular flexibility index (Phi) is 4.35. The van der Waals surface area contributed by atoms with Crippen molar-refractivity contribution in [1.82, 2.24) is 0 Å². The van der Waals surface area contributed by atoms with Crippen LogP contribution in [-0.4, -0.2) is 17.0 Å². The summed E-state index contributed by atoms with van der Waals surface area (Å²) in [5.41, 5.74) is 2.04. The summed E-state index contributed by atoms with van der Waals surface area (Å²) in [5, 5.41) is 9.96. The largest absolute Gasteiger partial charge is 0.364 e. The Morgan fingerprint density at radius 3 is 2.20 bits per heavy atom. The van der Waals surface area contributed by atoms with E-state index in [9.17, 15) is 5.11 Å². The Morgan fingerprint density at radius 1 is 1.27 bits per heavy atom. The van der Waals surface area contributed by atoms with Crippen LogP contribution >= 0.6 is 0 Å². The van der Waals surface area contributed by atoms with Crippen molar-refractivity contribution in [2.24, 2.45) is 0 Å². The quantitative estimate of drug-likeness (QED) is 0.571. The van der Waals surface area contributed by atoms with Crippen LogP contribution in [0.3, 0.4) is 0 Å². The van der Waals surface area contributed by atoms with Gasteiger partial charge in [-0.05, 0) is 45.6 Å². The molecule has 1 aliphatic rings. The van der Waals surface area contributed by atoms with Crippen molar-refractivity contribution in [3.8, 4) is 0 Å². The molecule has 2 heteroatoms. The number of hydrogen-bond acceptors (Lipinski definition) is 2. The number of aliphatic hydroxyl groups excluding tert-OH is 1. The van der Waals surface area contributed by atoms with Gasteiger partial charge in [0, 0.05) is 0 Å². The van der Waals surface area contributed by atoms with Crippen molar-refractivity contribution < 1.29 is 9.84 Å². The third-order valence-corrected chi connectivity index (χ3v) is 3.68. The predicted molar refractivity (Wildman–Crippen MR) is 62.6 cm³/mol. The van der Waals surface area contributed by atoms with Gasteiger partial charge in [-0.25, -0.2) is 0 Å². The fourth-order valence-electron chi connectivity index (χ4n) is 2.15. The maximum atomic E-state index is 9.96. The van der Waals surface area contributed by atoms with Gasteiger partial charge < -0.3 is 9.84 Å². The van der Waals surface area contributed by atoms with Crippen LogP contribution in [0, 0.1) is 0 Å². The van der Waals surface area contributed by atoms with E-state index in [4.69, 9.17) is 4.74 Å². The first kappa shape index (κ1) is 12.7. The highest BCUT2D eigenvalue weighted by Gasteiger charge is 2.35. The normalized spacial score (nSPS) is 21.4. The maximum absolute atomic E-state index is 9.96. The average Bonchev–Trinajstić information content (AvgIpc) is 2.65. The van der Waals surface area contributed by atoms with Crippen LogP contribution < -0.4 is 0 Å². The van der Waals surface area contributed by atoms with Gasteiger partial charge >= 0.3 is 0 Å². The van der Waals surface area contributed by atoms with E-state index < -0.39 is 6.29 Å². The Bertz CT molecular complexity index is 233. The van der Waals surface area contributed by atoms with Crippen LogP contribution in [0.2, 0.25) is 0 Å². The molecule has 0 saturated heterocycles. The van der Waals surface area contributed by atoms with Gasteiger partial charge in [0.25, 0.3) is 0 Å². The summed E-state index contributed by atoms with van der Waals surface area (Å²) in [6.07, 6.45) is 4.93. The lowest BCUT2D eigenvalue weighted by Crippen LogP contribution is -2.34. The Labute approximate surface area is 93.3 Å². The zero-order valence-corrected chi connectivity index (χ0v) is 10.5. The van der Waals surface area contributed by atoms with E-state index >= 15 is 0 Å². The summed E-state index contributed by atoms with van der Waals surface area (Å²) < 4.78 is 5.87. The summed E-state index contributed by atoms with van der Waals surface area (Å²) >= 11 is 0. The van der Waals surface area contributed by atoms with E-state index in [1.54, 1.807) is 0 Å². The van der Waals surface area contributed by atoms with E-state index in [0.717, 1.165) is 30.4 Å². The number of allylic oxidation sites excluding steroid dienone is 1. The van der Waals surface area contributed by atoms with Crippen LogP contribution in [0.25, 0.3) is 0 Å². The molecule has 0 amide bonds. The predicted octanol–water partition coefficient (Wildman–Crippen LogP) is 3.40. The van der Waals surface area contributed by atoms with Crippen molar-refractivity contribution in [3.05, 3.63) is 11.1 Å². The highest BCUT2D eigenvalue weighted by atomic mass is 16.6. The SMILES string of the molecule is CCC1(OC(O)C(C)=C(C)C)CCCC1. The van der Waals surface area contributed by atoms with Gasteiger partial charge in [0.05, 0.1) is 5.60 Å². The molecule has 0 heterocycles. The van der Waals surface area contributed by atoms with Crippen LogP contribution in [0.5, 0.6) is 0 Å². The summed E-state index contributed by atoms with van der Waals surface area (Å²) in [6, 6.07) is 0. The van der Waals surface area contributed by atoms with Crippen molar-refractivity contribution in [2.75, 3.05) is 0 Å². The van der Waals surface area contributed by atoms with Crippen LogP contribution in [-0.2, 0) is 4.74 Å². The molecule has 1 unspecified atom stereocenters. The van der Waals surface area contributed by atoms with E-state index in [0.29, 0.717) is 0 Å². The Morgan fingerprint density at radius 2 is 1.80 bits per heavy atom. The van der Waals surface area contributed by atoms with Gasteiger partial charge in [0.1, 0.15) is 0 Å². The highest BCUT2D eigenvalue weighted by Crippen LogP contribution is 2.37. The standard InChI is InChI=1S/C13H24O2/c1-5-13(8-6-7-9-13)15-12(14)11(4)10(2)3/h12,14H,5-9H2,1-4H3. The van der Waals surface area contributed by atoms with Gasteiger partial charge in [-0.2, -0.15) is 0 Å². The summed E-state index contributed by atoms with van der Waals surface area (Å²) in [4.78, 5) is 0. The molecule has 0 bridgehead atoms. The monoisotopic (exact) mass is 212 g/mol. The van der Waals surface area contributed by atoms with E-state index in [-0.39, 0.29) is 5.60 Å². The highest BCUT2D eigenvalue weighted by molar-refractivity contribution is 5.09. The number of ether oxygens (including phenoxy) is 1. The Hall–Kier alpha value is -0.340. The van der Waals surface area contributed by atoms with Crippen molar-refractivity contribution in [1.29, 1.82) is 0 Å². The molecule has 1 saturated carbocycles. The topological polar surface area (TPSA) is 29.5 Å². The molecule has 88 valence electrons. The lowest BCUT2D eigenvalue weighted by Gasteiger charge is -2.31. The zero-order chi connectivity index (χ0) is 11.5. The molecule has 1 rings (SSSR count). The van der Waals surface area contributed by atoms with Crippen LogP contribution in [0.4, 0.5) is 0 Å². The molecule has 0 aromatic rings. The third-order valence-electron chi connectivity index (χ3n) is 3.68. The number of aliphatic hydroxyl groups is 1. The van der Waals surface area contributed by atoms with Crippen molar-refractivity contribution >= 4 is 0 Å². The number of hydrogen-bond donors (Lipinski definition) is 1. The van der Waals surface area contributed by atoms with Crippen molar-refractivity contribution in [3.63, 3.8) is 0 Å². The molecular weight excluding hydrogens is 188 g/mol. The molecule has 0 spiro atoms. The van der Waals surface area contributed by atoms with E-state index in [1.807, 2.05) is 20.8 Å². The molecule has 0 aromatic heterocycles. The minimum atomic E-state index is -0.715. The minimum absolute atomic E-state index is 0.0594. The smallest absolute Gasteiger partial charge is 0.177 e. The van der Waals surface area contributed by atoms with Gasteiger partial charge in [-0.3, -0.25) is 0 Å². The molecule has 0 aromatic carbocycles. The number of rotatable bonds is 4. The molecular formula is C13H24O2. The fourth-order valence-corrected chi connectivity index (χ4v) is 2.15. The molecule has 0 radical (unpaired) electrons. The second-order valence-electron chi connectivity index (χ2n) is 4.90. The lowest BCUT2D eigenvalue weighted by molar-refractivity contribution is -0.165. The first-order valence-electron chi connectivity index (χ1n) is 6.00. The maximum Gasteiger partial charge on any atom is 0.177 e. The van der Waals surface area contributed by atoms with Gasteiger partial charge in [-0.1, -0.05) is 25.3 Å². The minimum Gasteiger partial charge on any atom is -0.364 e. The van der Waals surface area contributed by atoms with Crippen LogP contribution in [0.1, 0.15) is 59.8 Å². The first-order valence-corrected chi connectivity index (χ1v) is 6.00. The van der Waals surface area contributed by atoms with Gasteiger partial charge in [0.2, 0.25) is 0 Å². The first-order chi connectivity index (χ1) is 7.01. The summed E-state index contributed by atoms with van der Waals surface area (Å²) in [7, 11) is 0. The van der Waals surface area contributed by atoms with Gasteiger partial charge in [-0.15, -0.1) is 0 Å². The molecule has 1 atom stereocenters. The third kappa shape index (κ3) is 3.05. The van der Waals surface area contributed by atoms with Gasteiger partial charge in [0.15, 0.2) is 6.29 Å². The zero-order valence-electron chi connectivity index (χ0n) is 10.5. The van der Waals surface area contributed by atoms with E-state index in [1.165, 1.54) is 12.8 Å². The lowest BCUT2D eigenvalue weighted by atomic mass is 9.98. The van der Waals surface area contributed by atoms with E-state index in [2.05, 4.69) is 6.92 Å². The second kappa shape index (κ2) is 5.13. The van der Waals surface area contributed by atoms with Crippen LogP contribution in [0.15, 0.2) is 11.1 Å². The fraction of sp³-hybridized carbons (Fsp3) is 0.846. The summed E-state index contributed by atoms with van der Waals surface area (Å²) in [5.74, 6) is 0. The second-order valence-corrected chi connectivity index (χ2v) is 4.90. The summed E-state index contributed by atoms with van der Waals surface area (Å²) in [6.45, 7) is 8.11. The molecule has 1 N–H and O–H groups in total. The Balaban J connectivity index is 2.63.